The molecule has 106 valence electrons. The van der Waals surface area contributed by atoms with E-state index in [4.69, 9.17) is 0 Å². The summed E-state index contributed by atoms with van der Waals surface area (Å²) in [5.41, 5.74) is 2.77. The number of nitrogens with zero attached hydrogens (tertiary/aromatic N) is 1. The molecule has 1 aliphatic rings. The summed E-state index contributed by atoms with van der Waals surface area (Å²) in [5, 5.41) is 3.61. The standard InChI is InChI=1S/C17H28N2/c1-14(2)12-15(3)18-13-16-6-8-17(9-7-16)19-10-4-5-11-19/h6-9,14-15,18H,4-5,10-13H2,1-3H3. The maximum absolute atomic E-state index is 3.61. The van der Waals surface area contributed by atoms with E-state index in [1.165, 1.54) is 43.6 Å². The lowest BCUT2D eigenvalue weighted by molar-refractivity contribution is 0.441. The van der Waals surface area contributed by atoms with Crippen molar-refractivity contribution in [1.82, 2.24) is 5.32 Å². The predicted molar refractivity (Wildman–Crippen MR) is 83.6 cm³/mol. The third kappa shape index (κ3) is 4.54. The molecule has 2 nitrogen and oxygen atoms in total. The molecule has 19 heavy (non-hydrogen) atoms. The number of anilines is 1. The molecule has 0 bridgehead atoms. The van der Waals surface area contributed by atoms with Gasteiger partial charge in [-0.05, 0) is 49.8 Å². The molecule has 1 saturated heterocycles. The molecule has 0 aromatic heterocycles. The van der Waals surface area contributed by atoms with E-state index in [2.05, 4.69) is 55.3 Å². The Labute approximate surface area is 118 Å². The predicted octanol–water partition coefficient (Wildman–Crippen LogP) is 3.81. The Morgan fingerprint density at radius 3 is 2.26 bits per heavy atom. The van der Waals surface area contributed by atoms with Crippen LogP contribution in [0.15, 0.2) is 24.3 Å². The van der Waals surface area contributed by atoms with Crippen LogP contribution in [-0.2, 0) is 6.54 Å². The van der Waals surface area contributed by atoms with Gasteiger partial charge in [0.05, 0.1) is 0 Å². The third-order valence-electron chi connectivity index (χ3n) is 3.89. The normalized spacial score (nSPS) is 17.2. The fraction of sp³-hybridized carbons (Fsp3) is 0.647. The molecule has 1 N–H and O–H groups in total. The highest BCUT2D eigenvalue weighted by Crippen LogP contribution is 2.20. The van der Waals surface area contributed by atoms with E-state index < -0.39 is 0 Å². The molecule has 1 unspecified atom stereocenters. The van der Waals surface area contributed by atoms with Gasteiger partial charge in [0.1, 0.15) is 0 Å². The van der Waals surface area contributed by atoms with E-state index in [0.29, 0.717) is 6.04 Å². The van der Waals surface area contributed by atoms with Crippen LogP contribution in [-0.4, -0.2) is 19.1 Å². The van der Waals surface area contributed by atoms with Crippen molar-refractivity contribution in [3.8, 4) is 0 Å². The Bertz CT molecular complexity index is 363. The Morgan fingerprint density at radius 2 is 1.68 bits per heavy atom. The lowest BCUT2D eigenvalue weighted by Gasteiger charge is -2.19. The van der Waals surface area contributed by atoms with E-state index in [1.54, 1.807) is 0 Å². The first-order chi connectivity index (χ1) is 9.15. The molecule has 0 saturated carbocycles. The summed E-state index contributed by atoms with van der Waals surface area (Å²) in [6.07, 6.45) is 3.93. The van der Waals surface area contributed by atoms with E-state index >= 15 is 0 Å². The first-order valence-electron chi connectivity index (χ1n) is 7.72. The summed E-state index contributed by atoms with van der Waals surface area (Å²) in [5.74, 6) is 0.764. The number of hydrogen-bond acceptors (Lipinski definition) is 2. The summed E-state index contributed by atoms with van der Waals surface area (Å²) in [6.45, 7) is 10.3. The van der Waals surface area contributed by atoms with Gasteiger partial charge in [0.2, 0.25) is 0 Å². The largest absolute Gasteiger partial charge is 0.372 e. The van der Waals surface area contributed by atoms with Gasteiger partial charge in [-0.15, -0.1) is 0 Å². The SMILES string of the molecule is CC(C)CC(C)NCc1ccc(N2CCCC2)cc1. The van der Waals surface area contributed by atoms with E-state index in [-0.39, 0.29) is 0 Å². The second-order valence-corrected chi connectivity index (χ2v) is 6.27. The van der Waals surface area contributed by atoms with Crippen LogP contribution in [0, 0.1) is 5.92 Å². The molecular formula is C17H28N2. The van der Waals surface area contributed by atoms with Gasteiger partial charge in [0.15, 0.2) is 0 Å². The first-order valence-corrected chi connectivity index (χ1v) is 7.72. The van der Waals surface area contributed by atoms with Crippen molar-refractivity contribution < 1.29 is 0 Å². The van der Waals surface area contributed by atoms with Crippen molar-refractivity contribution >= 4 is 5.69 Å². The van der Waals surface area contributed by atoms with Crippen LogP contribution < -0.4 is 10.2 Å². The molecule has 1 heterocycles. The van der Waals surface area contributed by atoms with Crippen molar-refractivity contribution in [2.45, 2.75) is 52.6 Å². The lowest BCUT2D eigenvalue weighted by Crippen LogP contribution is -2.26. The van der Waals surface area contributed by atoms with Crippen molar-refractivity contribution in [1.29, 1.82) is 0 Å². The molecule has 1 atom stereocenters. The van der Waals surface area contributed by atoms with E-state index in [1.807, 2.05) is 0 Å². The van der Waals surface area contributed by atoms with Crippen LogP contribution >= 0.6 is 0 Å². The molecule has 0 spiro atoms. The smallest absolute Gasteiger partial charge is 0.0366 e. The highest BCUT2D eigenvalue weighted by Gasteiger charge is 2.11. The maximum atomic E-state index is 3.61. The van der Waals surface area contributed by atoms with Gasteiger partial charge in [0, 0.05) is 31.4 Å². The first kappa shape index (κ1) is 14.4. The average Bonchev–Trinajstić information content (AvgIpc) is 2.90. The molecule has 2 rings (SSSR count). The van der Waals surface area contributed by atoms with Crippen molar-refractivity contribution in [2.24, 2.45) is 5.92 Å². The number of rotatable bonds is 6. The van der Waals surface area contributed by atoms with Gasteiger partial charge in [-0.3, -0.25) is 0 Å². The quantitative estimate of drug-likeness (QED) is 0.836. The minimum Gasteiger partial charge on any atom is -0.372 e. The van der Waals surface area contributed by atoms with Gasteiger partial charge >= 0.3 is 0 Å². The van der Waals surface area contributed by atoms with Crippen LogP contribution in [0.2, 0.25) is 0 Å². The number of hydrogen-bond donors (Lipinski definition) is 1. The van der Waals surface area contributed by atoms with Crippen LogP contribution in [0.3, 0.4) is 0 Å². The molecule has 0 aliphatic carbocycles. The minimum absolute atomic E-state index is 0.596. The average molecular weight is 260 g/mol. The van der Waals surface area contributed by atoms with Gasteiger partial charge in [-0.2, -0.15) is 0 Å². The number of benzene rings is 1. The van der Waals surface area contributed by atoms with Crippen molar-refractivity contribution in [3.05, 3.63) is 29.8 Å². The molecule has 0 radical (unpaired) electrons. The van der Waals surface area contributed by atoms with Crippen molar-refractivity contribution in [3.63, 3.8) is 0 Å². The molecule has 1 fully saturated rings. The van der Waals surface area contributed by atoms with E-state index in [9.17, 15) is 0 Å². The fourth-order valence-electron chi connectivity index (χ4n) is 2.88. The minimum atomic E-state index is 0.596. The summed E-state index contributed by atoms with van der Waals surface area (Å²) in [7, 11) is 0. The molecular weight excluding hydrogens is 232 g/mol. The zero-order valence-electron chi connectivity index (χ0n) is 12.7. The summed E-state index contributed by atoms with van der Waals surface area (Å²) < 4.78 is 0. The monoisotopic (exact) mass is 260 g/mol. The van der Waals surface area contributed by atoms with Crippen LogP contribution in [0.25, 0.3) is 0 Å². The van der Waals surface area contributed by atoms with Crippen LogP contribution in [0.1, 0.15) is 45.6 Å². The molecule has 1 aromatic rings. The highest BCUT2D eigenvalue weighted by molar-refractivity contribution is 5.48. The Morgan fingerprint density at radius 1 is 1.05 bits per heavy atom. The van der Waals surface area contributed by atoms with Gasteiger partial charge in [-0.25, -0.2) is 0 Å². The lowest BCUT2D eigenvalue weighted by atomic mass is 10.0. The Kier molecular flexibility index (Phi) is 5.26. The van der Waals surface area contributed by atoms with E-state index in [0.717, 1.165) is 12.5 Å². The summed E-state index contributed by atoms with van der Waals surface area (Å²) >= 11 is 0. The van der Waals surface area contributed by atoms with Crippen LogP contribution in [0.5, 0.6) is 0 Å². The zero-order chi connectivity index (χ0) is 13.7. The van der Waals surface area contributed by atoms with Gasteiger partial charge in [0.25, 0.3) is 0 Å². The van der Waals surface area contributed by atoms with Crippen LogP contribution in [0.4, 0.5) is 5.69 Å². The van der Waals surface area contributed by atoms with Gasteiger partial charge < -0.3 is 10.2 Å². The van der Waals surface area contributed by atoms with Crippen molar-refractivity contribution in [2.75, 3.05) is 18.0 Å². The topological polar surface area (TPSA) is 15.3 Å². The summed E-state index contributed by atoms with van der Waals surface area (Å²) in [4.78, 5) is 2.48. The Balaban J connectivity index is 1.81. The fourth-order valence-corrected chi connectivity index (χ4v) is 2.88. The third-order valence-corrected chi connectivity index (χ3v) is 3.89. The number of nitrogens with one attached hydrogen (secondary N) is 1. The zero-order valence-corrected chi connectivity index (χ0v) is 12.7. The molecule has 1 aliphatic heterocycles. The molecule has 2 heteroatoms. The molecule has 0 amide bonds. The summed E-state index contributed by atoms with van der Waals surface area (Å²) in [6, 6.07) is 9.68. The molecule has 1 aromatic carbocycles. The van der Waals surface area contributed by atoms with Gasteiger partial charge in [-0.1, -0.05) is 26.0 Å². The second kappa shape index (κ2) is 6.95. The second-order valence-electron chi connectivity index (χ2n) is 6.27. The Hall–Kier alpha value is -1.02. The highest BCUT2D eigenvalue weighted by atomic mass is 15.1. The maximum Gasteiger partial charge on any atom is 0.0366 e.